The molecular formula is C11H16ClNO3. The molecule has 0 heterocycles. The Kier molecular flexibility index (Phi) is 4.56. The van der Waals surface area contributed by atoms with Crippen LogP contribution in [0.2, 0.25) is 5.02 Å². The van der Waals surface area contributed by atoms with Crippen LogP contribution in [0.25, 0.3) is 0 Å². The third-order valence-electron chi connectivity index (χ3n) is 2.48. The molecule has 0 aliphatic heterocycles. The van der Waals surface area contributed by atoms with Crippen LogP contribution in [0, 0.1) is 0 Å². The van der Waals surface area contributed by atoms with Crippen molar-refractivity contribution in [3.63, 3.8) is 0 Å². The van der Waals surface area contributed by atoms with E-state index in [1.54, 1.807) is 19.1 Å². The van der Waals surface area contributed by atoms with Crippen molar-refractivity contribution in [2.75, 3.05) is 13.2 Å². The Morgan fingerprint density at radius 2 is 1.94 bits per heavy atom. The second-order valence-electron chi connectivity index (χ2n) is 3.97. The summed E-state index contributed by atoms with van der Waals surface area (Å²) in [5, 5.41) is 31.2. The maximum Gasteiger partial charge on any atom is 0.121 e. The van der Waals surface area contributed by atoms with E-state index in [0.717, 1.165) is 0 Å². The summed E-state index contributed by atoms with van der Waals surface area (Å²) in [5.41, 5.74) is -0.233. The Hall–Kier alpha value is -0.810. The summed E-state index contributed by atoms with van der Waals surface area (Å²) in [6.45, 7) is 1.56. The van der Waals surface area contributed by atoms with Gasteiger partial charge in [-0.3, -0.25) is 0 Å². The van der Waals surface area contributed by atoms with Gasteiger partial charge in [0.05, 0.1) is 18.8 Å². The van der Waals surface area contributed by atoms with E-state index in [1.807, 2.05) is 0 Å². The van der Waals surface area contributed by atoms with E-state index in [0.29, 0.717) is 10.6 Å². The molecule has 0 radical (unpaired) electrons. The highest BCUT2D eigenvalue weighted by atomic mass is 35.5. The van der Waals surface area contributed by atoms with Crippen LogP contribution in [-0.2, 0) is 6.54 Å². The summed E-state index contributed by atoms with van der Waals surface area (Å²) < 4.78 is 0. The third-order valence-corrected chi connectivity index (χ3v) is 2.84. The lowest BCUT2D eigenvalue weighted by Crippen LogP contribution is -2.48. The van der Waals surface area contributed by atoms with Crippen molar-refractivity contribution in [3.8, 4) is 5.75 Å². The zero-order valence-corrected chi connectivity index (χ0v) is 9.83. The summed E-state index contributed by atoms with van der Waals surface area (Å²) in [6, 6.07) is 4.87. The molecule has 90 valence electrons. The van der Waals surface area contributed by atoms with Gasteiger partial charge in [0.2, 0.25) is 0 Å². The summed E-state index contributed by atoms with van der Waals surface area (Å²) in [5.74, 6) is 0.0956. The zero-order valence-electron chi connectivity index (χ0n) is 9.07. The number of hydrogen-bond donors (Lipinski definition) is 4. The number of rotatable bonds is 5. The molecule has 0 fully saturated rings. The smallest absolute Gasteiger partial charge is 0.121 e. The molecule has 4 N–H and O–H groups in total. The van der Waals surface area contributed by atoms with Crippen LogP contribution in [0.15, 0.2) is 18.2 Å². The lowest BCUT2D eigenvalue weighted by Gasteiger charge is -2.26. The van der Waals surface area contributed by atoms with Gasteiger partial charge in [-0.1, -0.05) is 17.7 Å². The quantitative estimate of drug-likeness (QED) is 0.622. The maximum absolute atomic E-state index is 9.58. The van der Waals surface area contributed by atoms with Crippen molar-refractivity contribution >= 4 is 11.6 Å². The van der Waals surface area contributed by atoms with Gasteiger partial charge in [0.15, 0.2) is 0 Å². The Labute approximate surface area is 99.5 Å². The van der Waals surface area contributed by atoms with E-state index >= 15 is 0 Å². The second-order valence-corrected chi connectivity index (χ2v) is 4.38. The predicted octanol–water partition coefficient (Wildman–Crippen LogP) is 0.878. The fraction of sp³-hybridized carbons (Fsp3) is 0.455. The molecule has 0 aromatic heterocycles. The Bertz CT molecular complexity index is 333. The molecular weight excluding hydrogens is 230 g/mol. The molecule has 0 saturated carbocycles. The topological polar surface area (TPSA) is 72.7 Å². The molecule has 0 unspecified atom stereocenters. The summed E-state index contributed by atoms with van der Waals surface area (Å²) >= 11 is 5.92. The molecule has 0 amide bonds. The van der Waals surface area contributed by atoms with Crippen molar-refractivity contribution in [3.05, 3.63) is 28.8 Å². The molecule has 1 rings (SSSR count). The Balaban J connectivity index is 2.75. The van der Waals surface area contributed by atoms with E-state index in [1.165, 1.54) is 6.07 Å². The van der Waals surface area contributed by atoms with E-state index < -0.39 is 5.54 Å². The van der Waals surface area contributed by atoms with Crippen LogP contribution < -0.4 is 5.32 Å². The zero-order chi connectivity index (χ0) is 12.2. The van der Waals surface area contributed by atoms with Gasteiger partial charge < -0.3 is 20.6 Å². The monoisotopic (exact) mass is 245 g/mol. The van der Waals surface area contributed by atoms with Crippen LogP contribution in [0.5, 0.6) is 5.75 Å². The van der Waals surface area contributed by atoms with Gasteiger partial charge in [-0.05, 0) is 19.1 Å². The lowest BCUT2D eigenvalue weighted by atomic mass is 10.0. The molecule has 0 aliphatic rings. The van der Waals surface area contributed by atoms with Gasteiger partial charge in [-0.2, -0.15) is 0 Å². The SMILES string of the molecule is CC(CO)(CO)NCc1c(O)cccc1Cl. The molecule has 0 saturated heterocycles. The lowest BCUT2D eigenvalue weighted by molar-refractivity contribution is 0.103. The van der Waals surface area contributed by atoms with E-state index in [4.69, 9.17) is 21.8 Å². The maximum atomic E-state index is 9.58. The molecule has 1 aromatic rings. The minimum Gasteiger partial charge on any atom is -0.508 e. The van der Waals surface area contributed by atoms with Crippen LogP contribution in [0.1, 0.15) is 12.5 Å². The first-order chi connectivity index (χ1) is 7.52. The predicted molar refractivity (Wildman–Crippen MR) is 62.5 cm³/mol. The minimum atomic E-state index is -0.786. The van der Waals surface area contributed by atoms with Gasteiger partial charge in [0.1, 0.15) is 5.75 Å². The summed E-state index contributed by atoms with van der Waals surface area (Å²) in [4.78, 5) is 0. The third kappa shape index (κ3) is 3.09. The average molecular weight is 246 g/mol. The molecule has 16 heavy (non-hydrogen) atoms. The second kappa shape index (κ2) is 5.50. The number of phenols is 1. The molecule has 0 spiro atoms. The number of aliphatic hydroxyl groups is 2. The van der Waals surface area contributed by atoms with Crippen molar-refractivity contribution < 1.29 is 15.3 Å². The molecule has 4 nitrogen and oxygen atoms in total. The number of benzene rings is 1. The minimum absolute atomic E-state index is 0.0956. The van der Waals surface area contributed by atoms with Gasteiger partial charge in [-0.15, -0.1) is 0 Å². The van der Waals surface area contributed by atoms with Crippen LogP contribution >= 0.6 is 11.6 Å². The molecule has 0 atom stereocenters. The van der Waals surface area contributed by atoms with Gasteiger partial charge >= 0.3 is 0 Å². The first kappa shape index (κ1) is 13.3. The summed E-state index contributed by atoms with van der Waals surface area (Å²) in [7, 11) is 0. The normalized spacial score (nSPS) is 11.8. The highest BCUT2D eigenvalue weighted by molar-refractivity contribution is 6.31. The average Bonchev–Trinajstić information content (AvgIpc) is 2.28. The number of hydrogen-bond acceptors (Lipinski definition) is 4. The van der Waals surface area contributed by atoms with Crippen LogP contribution in [0.3, 0.4) is 0 Å². The largest absolute Gasteiger partial charge is 0.508 e. The van der Waals surface area contributed by atoms with Gasteiger partial charge in [0, 0.05) is 17.1 Å². The first-order valence-electron chi connectivity index (χ1n) is 4.95. The fourth-order valence-corrected chi connectivity index (χ4v) is 1.42. The van der Waals surface area contributed by atoms with Crippen molar-refractivity contribution in [2.24, 2.45) is 0 Å². The standard InChI is InChI=1S/C11H16ClNO3/c1-11(6-14,7-15)13-5-8-9(12)3-2-4-10(8)16/h2-4,13-16H,5-7H2,1H3. The number of aliphatic hydroxyl groups excluding tert-OH is 2. The van der Waals surface area contributed by atoms with E-state index in [9.17, 15) is 5.11 Å². The molecule has 1 aromatic carbocycles. The van der Waals surface area contributed by atoms with Gasteiger partial charge in [-0.25, -0.2) is 0 Å². The van der Waals surface area contributed by atoms with Crippen molar-refractivity contribution in [2.45, 2.75) is 19.0 Å². The number of nitrogens with one attached hydrogen (secondary N) is 1. The number of halogens is 1. The van der Waals surface area contributed by atoms with Crippen molar-refractivity contribution in [1.29, 1.82) is 0 Å². The fourth-order valence-electron chi connectivity index (χ4n) is 1.19. The van der Waals surface area contributed by atoms with Gasteiger partial charge in [0.25, 0.3) is 0 Å². The molecule has 0 aliphatic carbocycles. The number of phenolic OH excluding ortho intramolecular Hbond substituents is 1. The summed E-state index contributed by atoms with van der Waals surface area (Å²) in [6.07, 6.45) is 0. The van der Waals surface area contributed by atoms with E-state index in [2.05, 4.69) is 5.32 Å². The Morgan fingerprint density at radius 1 is 1.31 bits per heavy atom. The van der Waals surface area contributed by atoms with Crippen LogP contribution in [0.4, 0.5) is 0 Å². The first-order valence-corrected chi connectivity index (χ1v) is 5.33. The molecule has 0 bridgehead atoms. The van der Waals surface area contributed by atoms with Crippen molar-refractivity contribution in [1.82, 2.24) is 5.32 Å². The Morgan fingerprint density at radius 3 is 2.44 bits per heavy atom. The van der Waals surface area contributed by atoms with Crippen LogP contribution in [-0.4, -0.2) is 34.1 Å². The highest BCUT2D eigenvalue weighted by Crippen LogP contribution is 2.25. The molecule has 5 heteroatoms. The highest BCUT2D eigenvalue weighted by Gasteiger charge is 2.22. The van der Waals surface area contributed by atoms with E-state index in [-0.39, 0.29) is 25.5 Å². The number of aromatic hydroxyl groups is 1.